The van der Waals surface area contributed by atoms with E-state index >= 15 is 0 Å². The van der Waals surface area contributed by atoms with E-state index in [2.05, 4.69) is 22.1 Å². The zero-order valence-electron chi connectivity index (χ0n) is 14.3. The molecular formula is C19H22N4O. The summed E-state index contributed by atoms with van der Waals surface area (Å²) in [4.78, 5) is 1.96. The SMILES string of the molecule is CCC(=C/C#Cc1cnn(C)c1)/C(=N\O)N(CC)c1ccccc1. The second kappa shape index (κ2) is 8.59. The highest BCUT2D eigenvalue weighted by Crippen LogP contribution is 2.18. The lowest BCUT2D eigenvalue weighted by Crippen LogP contribution is -2.32. The van der Waals surface area contributed by atoms with Gasteiger partial charge in [-0.1, -0.05) is 42.1 Å². The third kappa shape index (κ3) is 4.26. The zero-order valence-corrected chi connectivity index (χ0v) is 14.3. The normalized spacial score (nSPS) is 11.8. The molecule has 0 aliphatic rings. The quantitative estimate of drug-likeness (QED) is 0.308. The number of allylic oxidation sites excluding steroid dienone is 1. The summed E-state index contributed by atoms with van der Waals surface area (Å²) in [6.07, 6.45) is 6.09. The van der Waals surface area contributed by atoms with Crippen molar-refractivity contribution in [3.8, 4) is 11.8 Å². The van der Waals surface area contributed by atoms with Gasteiger partial charge in [-0.2, -0.15) is 5.10 Å². The first-order chi connectivity index (χ1) is 11.7. The number of likely N-dealkylation sites (N-methyl/N-ethyl adjacent to an activating group) is 1. The molecule has 1 aromatic carbocycles. The lowest BCUT2D eigenvalue weighted by Gasteiger charge is -2.24. The van der Waals surface area contributed by atoms with Gasteiger partial charge in [0.05, 0.1) is 11.8 Å². The van der Waals surface area contributed by atoms with Crippen LogP contribution in [0.4, 0.5) is 5.69 Å². The second-order valence-corrected chi connectivity index (χ2v) is 5.20. The first-order valence-electron chi connectivity index (χ1n) is 7.93. The fourth-order valence-corrected chi connectivity index (χ4v) is 2.37. The topological polar surface area (TPSA) is 53.6 Å². The van der Waals surface area contributed by atoms with Crippen molar-refractivity contribution >= 4 is 11.5 Å². The molecule has 24 heavy (non-hydrogen) atoms. The largest absolute Gasteiger partial charge is 0.409 e. The van der Waals surface area contributed by atoms with E-state index in [1.54, 1.807) is 17.0 Å². The zero-order chi connectivity index (χ0) is 17.4. The number of nitrogens with zero attached hydrogens (tertiary/aromatic N) is 4. The average molecular weight is 322 g/mol. The van der Waals surface area contributed by atoms with Crippen molar-refractivity contribution in [3.05, 3.63) is 59.9 Å². The van der Waals surface area contributed by atoms with Crippen LogP contribution in [-0.2, 0) is 7.05 Å². The number of amidine groups is 1. The molecule has 124 valence electrons. The van der Waals surface area contributed by atoms with Crippen molar-refractivity contribution < 1.29 is 5.21 Å². The van der Waals surface area contributed by atoms with Crippen LogP contribution in [0.5, 0.6) is 0 Å². The van der Waals surface area contributed by atoms with Crippen LogP contribution in [-0.4, -0.2) is 27.4 Å². The molecule has 0 saturated carbocycles. The predicted octanol–water partition coefficient (Wildman–Crippen LogP) is 3.42. The predicted molar refractivity (Wildman–Crippen MR) is 97.1 cm³/mol. The average Bonchev–Trinajstić information content (AvgIpc) is 3.03. The van der Waals surface area contributed by atoms with Gasteiger partial charge in [-0.3, -0.25) is 4.68 Å². The first kappa shape index (κ1) is 17.4. The molecule has 5 nitrogen and oxygen atoms in total. The van der Waals surface area contributed by atoms with Crippen LogP contribution in [0.15, 0.2) is 59.5 Å². The maximum absolute atomic E-state index is 9.55. The van der Waals surface area contributed by atoms with Crippen LogP contribution in [0.1, 0.15) is 25.8 Å². The molecule has 0 saturated heterocycles. The minimum absolute atomic E-state index is 0.520. The van der Waals surface area contributed by atoms with Gasteiger partial charge < -0.3 is 10.1 Å². The summed E-state index contributed by atoms with van der Waals surface area (Å²) < 4.78 is 1.71. The van der Waals surface area contributed by atoms with Gasteiger partial charge in [0.2, 0.25) is 0 Å². The molecule has 1 heterocycles. The van der Waals surface area contributed by atoms with Gasteiger partial charge >= 0.3 is 0 Å². The van der Waals surface area contributed by atoms with E-state index in [-0.39, 0.29) is 0 Å². The van der Waals surface area contributed by atoms with E-state index in [0.717, 1.165) is 16.8 Å². The Morgan fingerprint density at radius 2 is 2.08 bits per heavy atom. The first-order valence-corrected chi connectivity index (χ1v) is 7.93. The van der Waals surface area contributed by atoms with Crippen LogP contribution in [0.3, 0.4) is 0 Å². The monoisotopic (exact) mass is 322 g/mol. The van der Waals surface area contributed by atoms with E-state index in [1.165, 1.54) is 0 Å². The smallest absolute Gasteiger partial charge is 0.176 e. The van der Waals surface area contributed by atoms with E-state index in [4.69, 9.17) is 0 Å². The molecule has 0 bridgehead atoms. The van der Waals surface area contributed by atoms with Crippen molar-refractivity contribution in [2.75, 3.05) is 11.4 Å². The number of oxime groups is 1. The number of hydrogen-bond acceptors (Lipinski definition) is 3. The Hall–Kier alpha value is -3.00. The van der Waals surface area contributed by atoms with Gasteiger partial charge in [-0.05, 0) is 31.6 Å². The summed E-state index contributed by atoms with van der Waals surface area (Å²) >= 11 is 0. The molecule has 1 N–H and O–H groups in total. The maximum atomic E-state index is 9.55. The van der Waals surface area contributed by atoms with E-state index < -0.39 is 0 Å². The van der Waals surface area contributed by atoms with Gasteiger partial charge in [-0.15, -0.1) is 0 Å². The molecule has 0 unspecified atom stereocenters. The van der Waals surface area contributed by atoms with E-state index in [9.17, 15) is 5.21 Å². The molecule has 2 aromatic rings. The van der Waals surface area contributed by atoms with Crippen LogP contribution in [0.2, 0.25) is 0 Å². The summed E-state index contributed by atoms with van der Waals surface area (Å²) in [6, 6.07) is 9.87. The number of para-hydroxylation sites is 1. The fourth-order valence-electron chi connectivity index (χ4n) is 2.37. The van der Waals surface area contributed by atoms with Crippen LogP contribution < -0.4 is 4.90 Å². The highest BCUT2D eigenvalue weighted by Gasteiger charge is 2.15. The van der Waals surface area contributed by atoms with Crippen molar-refractivity contribution in [1.82, 2.24) is 9.78 Å². The van der Waals surface area contributed by atoms with Gasteiger partial charge in [0.1, 0.15) is 0 Å². The summed E-state index contributed by atoms with van der Waals surface area (Å²) in [7, 11) is 1.86. The molecule has 0 atom stereocenters. The van der Waals surface area contributed by atoms with Gasteiger partial charge in [-0.25, -0.2) is 0 Å². The minimum atomic E-state index is 0.520. The molecular weight excluding hydrogens is 300 g/mol. The molecule has 0 aliphatic carbocycles. The Bertz CT molecular complexity index is 778. The third-order valence-electron chi connectivity index (χ3n) is 3.57. The minimum Gasteiger partial charge on any atom is -0.409 e. The van der Waals surface area contributed by atoms with Crippen molar-refractivity contribution in [1.29, 1.82) is 0 Å². The lowest BCUT2D eigenvalue weighted by molar-refractivity contribution is 0.318. The van der Waals surface area contributed by atoms with Gasteiger partial charge in [0.15, 0.2) is 5.84 Å². The molecule has 0 radical (unpaired) electrons. The third-order valence-corrected chi connectivity index (χ3v) is 3.57. The highest BCUT2D eigenvalue weighted by molar-refractivity contribution is 6.09. The highest BCUT2D eigenvalue weighted by atomic mass is 16.4. The number of benzene rings is 1. The summed E-state index contributed by atoms with van der Waals surface area (Å²) in [5.41, 5.74) is 2.70. The number of rotatable bonds is 4. The number of aryl methyl sites for hydroxylation is 1. The Morgan fingerprint density at radius 3 is 2.62 bits per heavy atom. The molecule has 0 aliphatic heterocycles. The molecule has 0 spiro atoms. The van der Waals surface area contributed by atoms with Crippen LogP contribution in [0, 0.1) is 11.8 Å². The van der Waals surface area contributed by atoms with E-state index in [0.29, 0.717) is 18.8 Å². The van der Waals surface area contributed by atoms with Crippen LogP contribution >= 0.6 is 0 Å². The van der Waals surface area contributed by atoms with Crippen molar-refractivity contribution in [2.45, 2.75) is 20.3 Å². The number of aromatic nitrogens is 2. The lowest BCUT2D eigenvalue weighted by atomic mass is 10.1. The summed E-state index contributed by atoms with van der Waals surface area (Å²) in [5, 5.41) is 17.2. The standard InChI is InChI=1S/C19H22N4O/c1-4-17(11-9-10-16-14-20-22(3)15-16)19(21-24)23(5-2)18-12-7-6-8-13-18/h6-8,11-15,24H,4-5H2,1-3H3/b17-11-,21-19+. The Kier molecular flexibility index (Phi) is 6.21. The maximum Gasteiger partial charge on any atom is 0.176 e. The van der Waals surface area contributed by atoms with E-state index in [1.807, 2.05) is 62.3 Å². The van der Waals surface area contributed by atoms with Crippen molar-refractivity contribution in [2.24, 2.45) is 12.2 Å². The number of anilines is 1. The fraction of sp³-hybridized carbons (Fsp3) is 0.263. The molecule has 2 rings (SSSR count). The number of hydrogen-bond donors (Lipinski definition) is 1. The van der Waals surface area contributed by atoms with Crippen LogP contribution in [0.25, 0.3) is 0 Å². The summed E-state index contributed by atoms with van der Waals surface area (Å²) in [5.74, 6) is 6.59. The molecule has 0 amide bonds. The van der Waals surface area contributed by atoms with Gasteiger partial charge in [0.25, 0.3) is 0 Å². The Morgan fingerprint density at radius 1 is 1.33 bits per heavy atom. The Labute approximate surface area is 142 Å². The molecule has 0 fully saturated rings. The Balaban J connectivity index is 2.29. The summed E-state index contributed by atoms with van der Waals surface area (Å²) in [6.45, 7) is 4.73. The van der Waals surface area contributed by atoms with Crippen molar-refractivity contribution in [3.63, 3.8) is 0 Å². The molecule has 5 heteroatoms. The molecule has 1 aromatic heterocycles. The second-order valence-electron chi connectivity index (χ2n) is 5.20. The van der Waals surface area contributed by atoms with Gasteiger partial charge in [0, 0.05) is 31.0 Å².